The molecular formula is C16H18N2O4S. The molecule has 0 aliphatic carbocycles. The second-order valence-corrected chi connectivity index (χ2v) is 6.30. The van der Waals surface area contributed by atoms with Gasteiger partial charge in [0, 0.05) is 31.1 Å². The second kappa shape index (κ2) is 6.95. The van der Waals surface area contributed by atoms with E-state index in [4.69, 9.17) is 8.83 Å². The van der Waals surface area contributed by atoms with Gasteiger partial charge in [-0.2, -0.15) is 0 Å². The average molecular weight is 334 g/mol. The third-order valence-corrected chi connectivity index (χ3v) is 4.94. The normalized spacial score (nSPS) is 15.0. The molecular weight excluding hydrogens is 316 g/mol. The first-order valence-corrected chi connectivity index (χ1v) is 8.41. The van der Waals surface area contributed by atoms with Gasteiger partial charge in [0.1, 0.15) is 5.76 Å². The number of carbonyl (C=O) groups is 2. The van der Waals surface area contributed by atoms with E-state index < -0.39 is 0 Å². The van der Waals surface area contributed by atoms with Crippen LogP contribution in [0, 0.1) is 6.92 Å². The number of amides is 2. The van der Waals surface area contributed by atoms with Crippen molar-refractivity contribution in [2.24, 2.45) is 0 Å². The van der Waals surface area contributed by atoms with Crippen molar-refractivity contribution >= 4 is 23.6 Å². The summed E-state index contributed by atoms with van der Waals surface area (Å²) < 4.78 is 10.3. The molecule has 1 aliphatic rings. The molecule has 0 aromatic carbocycles. The standard InChI is InChI=1S/C16H18N2O4S/c1-12-14(4-10-21-12)23-11-15(19)17-5-7-18(8-6-17)16(20)13-3-2-9-22-13/h2-4,9-10H,5-8,11H2,1H3. The lowest BCUT2D eigenvalue weighted by atomic mass is 10.3. The van der Waals surface area contributed by atoms with Gasteiger partial charge in [0.25, 0.3) is 5.91 Å². The topological polar surface area (TPSA) is 66.9 Å². The maximum absolute atomic E-state index is 12.3. The highest BCUT2D eigenvalue weighted by Crippen LogP contribution is 2.23. The quantitative estimate of drug-likeness (QED) is 0.802. The molecule has 0 spiro atoms. The van der Waals surface area contributed by atoms with Gasteiger partial charge in [0.2, 0.25) is 5.91 Å². The highest BCUT2D eigenvalue weighted by molar-refractivity contribution is 8.00. The summed E-state index contributed by atoms with van der Waals surface area (Å²) in [7, 11) is 0. The molecule has 2 aromatic heterocycles. The summed E-state index contributed by atoms with van der Waals surface area (Å²) in [5.41, 5.74) is 0. The average Bonchev–Trinajstić information content (AvgIpc) is 3.24. The minimum absolute atomic E-state index is 0.0840. The van der Waals surface area contributed by atoms with Crippen molar-refractivity contribution in [3.63, 3.8) is 0 Å². The SMILES string of the molecule is Cc1occc1SCC(=O)N1CCN(C(=O)c2ccco2)CC1. The van der Waals surface area contributed by atoms with E-state index in [1.807, 2.05) is 13.0 Å². The Morgan fingerprint density at radius 2 is 1.83 bits per heavy atom. The van der Waals surface area contributed by atoms with E-state index in [0.717, 1.165) is 10.7 Å². The van der Waals surface area contributed by atoms with E-state index in [9.17, 15) is 9.59 Å². The van der Waals surface area contributed by atoms with Gasteiger partial charge < -0.3 is 18.6 Å². The first-order valence-electron chi connectivity index (χ1n) is 7.42. The Balaban J connectivity index is 1.47. The summed E-state index contributed by atoms with van der Waals surface area (Å²) in [6.07, 6.45) is 3.11. The van der Waals surface area contributed by atoms with E-state index in [1.54, 1.807) is 28.2 Å². The summed E-state index contributed by atoms with van der Waals surface area (Å²) >= 11 is 1.48. The highest BCUT2D eigenvalue weighted by atomic mass is 32.2. The van der Waals surface area contributed by atoms with E-state index in [2.05, 4.69) is 0 Å². The van der Waals surface area contributed by atoms with Crippen LogP contribution in [-0.4, -0.2) is 53.5 Å². The van der Waals surface area contributed by atoms with Gasteiger partial charge in [-0.15, -0.1) is 11.8 Å². The van der Waals surface area contributed by atoms with Gasteiger partial charge in [0.05, 0.1) is 18.3 Å². The van der Waals surface area contributed by atoms with Crippen molar-refractivity contribution in [3.05, 3.63) is 42.2 Å². The van der Waals surface area contributed by atoms with Crippen LogP contribution < -0.4 is 0 Å². The van der Waals surface area contributed by atoms with Gasteiger partial charge in [-0.1, -0.05) is 0 Å². The van der Waals surface area contributed by atoms with Gasteiger partial charge in [-0.05, 0) is 25.1 Å². The molecule has 23 heavy (non-hydrogen) atoms. The molecule has 1 aliphatic heterocycles. The maximum atomic E-state index is 12.3. The predicted octanol–water partition coefficient (Wildman–Crippen LogP) is 2.26. The molecule has 6 nitrogen and oxygen atoms in total. The zero-order chi connectivity index (χ0) is 16.2. The smallest absolute Gasteiger partial charge is 0.289 e. The Labute approximate surface area is 138 Å². The number of aryl methyl sites for hydroxylation is 1. The fourth-order valence-electron chi connectivity index (χ4n) is 2.47. The van der Waals surface area contributed by atoms with Gasteiger partial charge >= 0.3 is 0 Å². The van der Waals surface area contributed by atoms with Crippen molar-refractivity contribution in [2.45, 2.75) is 11.8 Å². The third-order valence-electron chi connectivity index (χ3n) is 3.81. The molecule has 122 valence electrons. The molecule has 3 heterocycles. The molecule has 2 amide bonds. The number of carbonyl (C=O) groups excluding carboxylic acids is 2. The molecule has 0 bridgehead atoms. The lowest BCUT2D eigenvalue weighted by Crippen LogP contribution is -2.51. The summed E-state index contributed by atoms with van der Waals surface area (Å²) in [4.78, 5) is 28.9. The first-order chi connectivity index (χ1) is 11.1. The van der Waals surface area contributed by atoms with Crippen LogP contribution >= 0.6 is 11.8 Å². The number of hydrogen-bond acceptors (Lipinski definition) is 5. The van der Waals surface area contributed by atoms with Crippen molar-refractivity contribution in [2.75, 3.05) is 31.9 Å². The van der Waals surface area contributed by atoms with Crippen LogP contribution in [0.25, 0.3) is 0 Å². The van der Waals surface area contributed by atoms with Crippen LogP contribution in [0.3, 0.4) is 0 Å². The number of nitrogens with zero attached hydrogens (tertiary/aromatic N) is 2. The number of rotatable bonds is 4. The van der Waals surface area contributed by atoms with Crippen molar-refractivity contribution in [1.29, 1.82) is 0 Å². The Morgan fingerprint density at radius 3 is 2.43 bits per heavy atom. The van der Waals surface area contributed by atoms with Gasteiger partial charge in [0.15, 0.2) is 5.76 Å². The van der Waals surface area contributed by atoms with E-state index in [-0.39, 0.29) is 11.8 Å². The van der Waals surface area contributed by atoms with E-state index in [0.29, 0.717) is 37.7 Å². The molecule has 2 aromatic rings. The van der Waals surface area contributed by atoms with Gasteiger partial charge in [-0.3, -0.25) is 9.59 Å². The maximum Gasteiger partial charge on any atom is 0.289 e. The molecule has 0 radical (unpaired) electrons. The number of piperazine rings is 1. The third kappa shape index (κ3) is 3.61. The van der Waals surface area contributed by atoms with Crippen molar-refractivity contribution in [3.8, 4) is 0 Å². The Hall–Kier alpha value is -2.15. The van der Waals surface area contributed by atoms with E-state index in [1.165, 1.54) is 18.0 Å². The molecule has 1 saturated heterocycles. The summed E-state index contributed by atoms with van der Waals surface area (Å²) in [5.74, 6) is 1.52. The zero-order valence-corrected chi connectivity index (χ0v) is 13.7. The van der Waals surface area contributed by atoms with Crippen LogP contribution in [0.4, 0.5) is 0 Å². The van der Waals surface area contributed by atoms with E-state index >= 15 is 0 Å². The minimum Gasteiger partial charge on any atom is -0.468 e. The summed E-state index contributed by atoms with van der Waals surface area (Å²) in [6, 6.07) is 5.22. The van der Waals surface area contributed by atoms with Crippen LogP contribution in [0.2, 0.25) is 0 Å². The van der Waals surface area contributed by atoms with Crippen molar-refractivity contribution < 1.29 is 18.4 Å². The number of thioether (sulfide) groups is 1. The zero-order valence-electron chi connectivity index (χ0n) is 12.9. The van der Waals surface area contributed by atoms with Crippen LogP contribution in [-0.2, 0) is 4.79 Å². The summed E-state index contributed by atoms with van der Waals surface area (Å²) in [5, 5.41) is 0. The lowest BCUT2D eigenvalue weighted by molar-refractivity contribution is -0.129. The monoisotopic (exact) mass is 334 g/mol. The van der Waals surface area contributed by atoms with Crippen molar-refractivity contribution in [1.82, 2.24) is 9.80 Å². The second-order valence-electron chi connectivity index (χ2n) is 5.28. The molecule has 3 rings (SSSR count). The van der Waals surface area contributed by atoms with Gasteiger partial charge in [-0.25, -0.2) is 0 Å². The highest BCUT2D eigenvalue weighted by Gasteiger charge is 2.26. The Bertz CT molecular complexity index is 672. The lowest BCUT2D eigenvalue weighted by Gasteiger charge is -2.34. The fraction of sp³-hybridized carbons (Fsp3) is 0.375. The first kappa shape index (κ1) is 15.7. The number of furan rings is 2. The molecule has 1 fully saturated rings. The fourth-order valence-corrected chi connectivity index (χ4v) is 3.33. The van der Waals surface area contributed by atoms with Crippen LogP contribution in [0.15, 0.2) is 44.5 Å². The molecule has 7 heteroatoms. The number of hydrogen-bond donors (Lipinski definition) is 0. The minimum atomic E-state index is -0.120. The molecule has 0 saturated carbocycles. The predicted molar refractivity (Wildman–Crippen MR) is 85.4 cm³/mol. The molecule has 0 N–H and O–H groups in total. The Kier molecular flexibility index (Phi) is 4.76. The van der Waals surface area contributed by atoms with Crippen LogP contribution in [0.1, 0.15) is 16.3 Å². The summed E-state index contributed by atoms with van der Waals surface area (Å²) in [6.45, 7) is 4.04. The van der Waals surface area contributed by atoms with Crippen LogP contribution in [0.5, 0.6) is 0 Å². The molecule has 0 atom stereocenters. The molecule has 0 unspecified atom stereocenters. The Morgan fingerprint density at radius 1 is 1.09 bits per heavy atom. The largest absolute Gasteiger partial charge is 0.468 e.